The molecule has 5 rings (SSSR count). The van der Waals surface area contributed by atoms with Gasteiger partial charge in [-0.05, 0) is 38.7 Å². The Bertz CT molecular complexity index is 1180. The number of carbonyl (C=O) groups excluding carboxylic acids is 1. The van der Waals surface area contributed by atoms with Gasteiger partial charge in [0.25, 0.3) is 0 Å². The number of hydrogen-bond donors (Lipinski definition) is 3. The molecule has 3 atom stereocenters. The fourth-order valence-corrected chi connectivity index (χ4v) is 4.19. The number of nitrogens with one attached hydrogen (secondary N) is 3. The largest absolute Gasteiger partial charge is 0.443 e. The van der Waals surface area contributed by atoms with Crippen LogP contribution in [0.25, 0.3) is 5.52 Å². The van der Waals surface area contributed by atoms with E-state index in [1.807, 2.05) is 13.0 Å². The Balaban J connectivity index is 1.27. The van der Waals surface area contributed by atoms with E-state index in [9.17, 15) is 4.79 Å². The van der Waals surface area contributed by atoms with E-state index in [-0.39, 0.29) is 11.0 Å². The third-order valence-corrected chi connectivity index (χ3v) is 6.57. The van der Waals surface area contributed by atoms with Crippen molar-refractivity contribution in [2.45, 2.75) is 82.5 Å². The van der Waals surface area contributed by atoms with Crippen LogP contribution < -0.4 is 10.6 Å². The van der Waals surface area contributed by atoms with Crippen molar-refractivity contribution in [3.8, 4) is 0 Å². The highest BCUT2D eigenvalue weighted by atomic mass is 19.1. The number of nitrogens with zero attached hydrogens (tertiary/aromatic N) is 4. The van der Waals surface area contributed by atoms with Gasteiger partial charge in [0.15, 0.2) is 11.6 Å². The molecule has 2 saturated carbocycles. The molecule has 0 bridgehead atoms. The van der Waals surface area contributed by atoms with E-state index in [1.54, 1.807) is 23.0 Å². The zero-order valence-corrected chi connectivity index (χ0v) is 19.4. The van der Waals surface area contributed by atoms with Gasteiger partial charge in [-0.25, -0.2) is 18.7 Å². The molecule has 3 N–H and O–H groups in total. The van der Waals surface area contributed by atoms with Crippen molar-refractivity contribution in [1.82, 2.24) is 30.1 Å². The van der Waals surface area contributed by atoms with Gasteiger partial charge in [0, 0.05) is 41.0 Å². The van der Waals surface area contributed by atoms with Gasteiger partial charge in [-0.2, -0.15) is 10.2 Å². The summed E-state index contributed by atoms with van der Waals surface area (Å²) in [5.41, 5.74) is 2.18. The lowest BCUT2D eigenvalue weighted by molar-refractivity contribution is 0.0546. The van der Waals surface area contributed by atoms with Gasteiger partial charge in [0.05, 0.1) is 5.69 Å². The maximum atomic E-state index is 15.1. The predicted octanol–water partition coefficient (Wildman–Crippen LogP) is 4.36. The van der Waals surface area contributed by atoms with Crippen LogP contribution in [-0.4, -0.2) is 48.7 Å². The molecule has 176 valence electrons. The number of H-pyrrole nitrogens is 1. The van der Waals surface area contributed by atoms with Crippen molar-refractivity contribution in [1.29, 1.82) is 0 Å². The number of aromatic nitrogens is 5. The second kappa shape index (κ2) is 7.71. The summed E-state index contributed by atoms with van der Waals surface area (Å²) in [7, 11) is 0. The molecule has 33 heavy (non-hydrogen) atoms. The minimum Gasteiger partial charge on any atom is -0.443 e. The Morgan fingerprint density at radius 2 is 2.09 bits per heavy atom. The summed E-state index contributed by atoms with van der Waals surface area (Å²) in [6.07, 6.45) is 3.80. The summed E-state index contributed by atoms with van der Waals surface area (Å²) in [5.74, 6) is 0.752. The molecule has 0 aliphatic heterocycles. The van der Waals surface area contributed by atoms with E-state index in [0.717, 1.165) is 24.1 Å². The quantitative estimate of drug-likeness (QED) is 0.528. The molecule has 0 saturated heterocycles. The molecule has 3 aromatic rings. The molecule has 0 spiro atoms. The summed E-state index contributed by atoms with van der Waals surface area (Å²) in [5, 5.41) is 17.9. The van der Waals surface area contributed by atoms with Gasteiger partial charge >= 0.3 is 6.09 Å². The number of hydrogen-bond acceptors (Lipinski definition) is 6. The number of anilines is 2. The number of alkyl carbamates (subject to hydrolysis) is 1. The average Bonchev–Trinajstić information content (AvgIpc) is 3.13. The minimum atomic E-state index is -1.29. The molecule has 0 aromatic carbocycles. The smallest absolute Gasteiger partial charge is 0.407 e. The summed E-state index contributed by atoms with van der Waals surface area (Å²) in [4.78, 5) is 16.5. The van der Waals surface area contributed by atoms with Crippen molar-refractivity contribution in [2.75, 3.05) is 5.32 Å². The fourth-order valence-electron chi connectivity index (χ4n) is 4.19. The minimum absolute atomic E-state index is 0.0900. The zero-order chi connectivity index (χ0) is 23.4. The number of fused-ring (bicyclic) bond motifs is 1. The molecule has 10 heteroatoms. The molecule has 0 radical (unpaired) electrons. The number of ether oxygens (including phenoxy) is 1. The lowest BCUT2D eigenvalue weighted by Crippen LogP contribution is -2.38. The Labute approximate surface area is 191 Å². The lowest BCUT2D eigenvalue weighted by Gasteiger charge is -2.19. The molecule has 2 aliphatic rings. The third-order valence-electron chi connectivity index (χ3n) is 6.57. The fraction of sp³-hybridized carbons (Fsp3) is 0.565. The van der Waals surface area contributed by atoms with Crippen LogP contribution in [0.4, 0.5) is 20.8 Å². The van der Waals surface area contributed by atoms with E-state index < -0.39 is 24.3 Å². The van der Waals surface area contributed by atoms with Crippen molar-refractivity contribution in [3.63, 3.8) is 0 Å². The maximum absolute atomic E-state index is 15.1. The first-order valence-electron chi connectivity index (χ1n) is 11.4. The number of rotatable bonds is 5. The van der Waals surface area contributed by atoms with Crippen LogP contribution in [0.1, 0.15) is 70.7 Å². The van der Waals surface area contributed by atoms with Gasteiger partial charge in [-0.1, -0.05) is 20.8 Å². The maximum Gasteiger partial charge on any atom is 0.407 e. The van der Waals surface area contributed by atoms with Crippen molar-refractivity contribution in [3.05, 3.63) is 35.9 Å². The first kappa shape index (κ1) is 21.7. The van der Waals surface area contributed by atoms with Gasteiger partial charge in [-0.15, -0.1) is 0 Å². The van der Waals surface area contributed by atoms with Crippen molar-refractivity contribution in [2.24, 2.45) is 0 Å². The highest BCUT2D eigenvalue weighted by Crippen LogP contribution is 2.39. The first-order chi connectivity index (χ1) is 15.6. The predicted molar refractivity (Wildman–Crippen MR) is 121 cm³/mol. The van der Waals surface area contributed by atoms with E-state index >= 15 is 4.39 Å². The first-order valence-corrected chi connectivity index (χ1v) is 11.4. The van der Waals surface area contributed by atoms with Gasteiger partial charge in [0.1, 0.15) is 17.8 Å². The highest BCUT2D eigenvalue weighted by Gasteiger charge is 2.43. The van der Waals surface area contributed by atoms with Crippen LogP contribution in [0.5, 0.6) is 0 Å². The molecular formula is C23H30FN7O2. The molecule has 1 amide bonds. The van der Waals surface area contributed by atoms with Crippen LogP contribution >= 0.6 is 0 Å². The Morgan fingerprint density at radius 1 is 1.30 bits per heavy atom. The van der Waals surface area contributed by atoms with Crippen LogP contribution in [0.2, 0.25) is 0 Å². The van der Waals surface area contributed by atoms with Gasteiger partial charge in [0.2, 0.25) is 0 Å². The molecule has 3 heterocycles. The van der Waals surface area contributed by atoms with E-state index in [1.165, 1.54) is 0 Å². The van der Waals surface area contributed by atoms with E-state index in [4.69, 9.17) is 4.74 Å². The molecule has 9 nitrogen and oxygen atoms in total. The highest BCUT2D eigenvalue weighted by molar-refractivity contribution is 5.72. The Kier molecular flexibility index (Phi) is 5.06. The summed E-state index contributed by atoms with van der Waals surface area (Å²) in [6.45, 7) is 8.28. The topological polar surface area (TPSA) is 109 Å². The molecule has 0 unspecified atom stereocenters. The second-order valence-corrected chi connectivity index (χ2v) is 10.5. The van der Waals surface area contributed by atoms with Crippen LogP contribution in [0, 0.1) is 0 Å². The Morgan fingerprint density at radius 3 is 2.82 bits per heavy atom. The second-order valence-electron chi connectivity index (χ2n) is 10.5. The average molecular weight is 456 g/mol. The number of aromatic amines is 1. The van der Waals surface area contributed by atoms with Gasteiger partial charge in [-0.3, -0.25) is 5.10 Å². The number of amides is 1. The van der Waals surface area contributed by atoms with Crippen LogP contribution in [0.15, 0.2) is 24.5 Å². The van der Waals surface area contributed by atoms with Crippen LogP contribution in [0.3, 0.4) is 0 Å². The van der Waals surface area contributed by atoms with Crippen molar-refractivity contribution >= 4 is 23.2 Å². The number of carbonyl (C=O) groups is 1. The number of halogens is 1. The number of alkyl halides is 1. The summed E-state index contributed by atoms with van der Waals surface area (Å²) >= 11 is 0. The normalized spacial score (nSPS) is 24.1. The summed E-state index contributed by atoms with van der Waals surface area (Å²) < 4.78 is 22.3. The molecule has 2 fully saturated rings. The SMILES string of the molecule is CC1(NC(=O)O[C@H]2CC[C@@H](c3cc(Nc4nccn5nc(C(C)(C)C)cc45)n[nH]3)[C@H]2F)CC1. The zero-order valence-electron chi connectivity index (χ0n) is 19.4. The van der Waals surface area contributed by atoms with E-state index in [0.29, 0.717) is 30.2 Å². The Hall–Kier alpha value is -3.17. The molecule has 3 aromatic heterocycles. The monoisotopic (exact) mass is 455 g/mol. The van der Waals surface area contributed by atoms with E-state index in [2.05, 4.69) is 51.7 Å². The summed E-state index contributed by atoms with van der Waals surface area (Å²) in [6, 6.07) is 3.80. The standard InChI is InChI=1S/C23H30FN7O2/c1-22(2,3)17-12-15-20(25-9-10-31(15)30-17)26-18-11-14(28-29-18)13-5-6-16(19(13)24)33-21(32)27-23(4)7-8-23/h9-13,16,19H,5-8H2,1-4H3,(H,27,32)(H2,25,26,28,29)/t13-,16-,19+/m0/s1. The van der Waals surface area contributed by atoms with Crippen LogP contribution in [-0.2, 0) is 10.2 Å². The third kappa shape index (κ3) is 4.38. The molecular weight excluding hydrogens is 425 g/mol. The lowest BCUT2D eigenvalue weighted by atomic mass is 9.92. The van der Waals surface area contributed by atoms with Gasteiger partial charge < -0.3 is 15.4 Å². The van der Waals surface area contributed by atoms with Crippen molar-refractivity contribution < 1.29 is 13.9 Å². The molecule has 2 aliphatic carbocycles.